The average molecular weight is 335 g/mol. The summed E-state index contributed by atoms with van der Waals surface area (Å²) in [7, 11) is -8.72. The van der Waals surface area contributed by atoms with Gasteiger partial charge >= 0.3 is 10.2 Å². The van der Waals surface area contributed by atoms with Crippen LogP contribution in [0.15, 0.2) is 34.1 Å². The Morgan fingerprint density at radius 1 is 1.10 bits per heavy atom. The first-order valence-electron chi connectivity index (χ1n) is 6.67. The summed E-state index contributed by atoms with van der Waals surface area (Å²) in [5, 5.41) is 0. The van der Waals surface area contributed by atoms with Crippen molar-refractivity contribution in [3.05, 3.63) is 24.3 Å². The van der Waals surface area contributed by atoms with Crippen LogP contribution >= 0.6 is 0 Å². The van der Waals surface area contributed by atoms with Gasteiger partial charge in [0.15, 0.2) is 0 Å². The molecule has 0 bridgehead atoms. The minimum Gasteiger partial charge on any atom is -0.207 e. The van der Waals surface area contributed by atoms with E-state index in [-0.39, 0.29) is 10.8 Å². The van der Waals surface area contributed by atoms with Crippen molar-refractivity contribution < 1.29 is 20.7 Å². The van der Waals surface area contributed by atoms with Crippen molar-refractivity contribution in [3.8, 4) is 0 Å². The van der Waals surface area contributed by atoms with Gasteiger partial charge in [0.25, 0.3) is 0 Å². The van der Waals surface area contributed by atoms with E-state index in [0.717, 1.165) is 18.6 Å². The van der Waals surface area contributed by atoms with E-state index in [0.29, 0.717) is 19.0 Å². The molecule has 21 heavy (non-hydrogen) atoms. The molecule has 1 aliphatic rings. The van der Waals surface area contributed by atoms with Gasteiger partial charge in [-0.25, -0.2) is 8.42 Å². The molecule has 1 aromatic rings. The monoisotopic (exact) mass is 335 g/mol. The van der Waals surface area contributed by atoms with Crippen LogP contribution in [-0.2, 0) is 20.2 Å². The summed E-state index contributed by atoms with van der Waals surface area (Å²) in [5.74, 6) is 0.663. The number of nitrogens with zero attached hydrogens (tertiary/aromatic N) is 1. The Morgan fingerprint density at radius 2 is 1.71 bits per heavy atom. The molecule has 2 rings (SSSR count). The Kier molecular flexibility index (Phi) is 4.41. The molecule has 1 fully saturated rings. The van der Waals surface area contributed by atoms with Crippen LogP contribution in [-0.4, -0.2) is 34.2 Å². The quantitative estimate of drug-likeness (QED) is 0.792. The molecule has 0 saturated carbocycles. The van der Waals surface area contributed by atoms with Gasteiger partial charge < -0.3 is 0 Å². The standard InChI is InChI=1S/C13H18FNO4S2/c1-10-6-7-15(9-11(10)2)21(18,19)13-5-3-4-12(8-13)20(14,16)17/h3-5,8,10-11H,6-7,9H2,1-2H3. The van der Waals surface area contributed by atoms with Crippen LogP contribution in [0.4, 0.5) is 3.89 Å². The zero-order chi connectivity index (χ0) is 15.8. The van der Waals surface area contributed by atoms with Crippen molar-refractivity contribution in [2.45, 2.75) is 30.1 Å². The lowest BCUT2D eigenvalue weighted by molar-refractivity contribution is 0.212. The second kappa shape index (κ2) is 5.66. The topological polar surface area (TPSA) is 71.5 Å². The third-order valence-electron chi connectivity index (χ3n) is 4.02. The summed E-state index contributed by atoms with van der Waals surface area (Å²) >= 11 is 0. The molecular weight excluding hydrogens is 317 g/mol. The van der Waals surface area contributed by atoms with Crippen LogP contribution in [0.1, 0.15) is 20.3 Å². The average Bonchev–Trinajstić information content (AvgIpc) is 2.41. The van der Waals surface area contributed by atoms with Crippen LogP contribution in [0.3, 0.4) is 0 Å². The lowest BCUT2D eigenvalue weighted by Gasteiger charge is -2.34. The molecule has 0 radical (unpaired) electrons. The number of sulfonamides is 1. The van der Waals surface area contributed by atoms with Gasteiger partial charge in [-0.05, 0) is 36.5 Å². The first kappa shape index (κ1) is 16.4. The van der Waals surface area contributed by atoms with E-state index in [4.69, 9.17) is 0 Å². The van der Waals surface area contributed by atoms with Gasteiger partial charge in [0.2, 0.25) is 10.0 Å². The molecule has 2 atom stereocenters. The highest BCUT2D eigenvalue weighted by Crippen LogP contribution is 2.28. The number of halogens is 1. The second-order valence-corrected chi connectivity index (χ2v) is 8.80. The maximum atomic E-state index is 13.0. The van der Waals surface area contributed by atoms with E-state index in [1.54, 1.807) is 0 Å². The fourth-order valence-electron chi connectivity index (χ4n) is 2.38. The molecule has 1 aliphatic heterocycles. The summed E-state index contributed by atoms with van der Waals surface area (Å²) in [6.45, 7) is 4.83. The van der Waals surface area contributed by atoms with E-state index < -0.39 is 25.1 Å². The fraction of sp³-hybridized carbons (Fsp3) is 0.538. The molecular formula is C13H18FNO4S2. The highest BCUT2D eigenvalue weighted by atomic mass is 32.3. The maximum absolute atomic E-state index is 13.0. The third-order valence-corrected chi connectivity index (χ3v) is 6.70. The zero-order valence-electron chi connectivity index (χ0n) is 11.9. The highest BCUT2D eigenvalue weighted by molar-refractivity contribution is 7.89. The first-order valence-corrected chi connectivity index (χ1v) is 9.49. The van der Waals surface area contributed by atoms with Crippen LogP contribution in [0.5, 0.6) is 0 Å². The predicted octanol–water partition coefficient (Wildman–Crippen LogP) is 2.01. The van der Waals surface area contributed by atoms with Gasteiger partial charge in [-0.2, -0.15) is 12.7 Å². The van der Waals surface area contributed by atoms with Crippen molar-refractivity contribution in [2.75, 3.05) is 13.1 Å². The number of rotatable bonds is 3. The second-order valence-electron chi connectivity index (χ2n) is 5.52. The van der Waals surface area contributed by atoms with Crippen molar-refractivity contribution in [3.63, 3.8) is 0 Å². The molecule has 0 N–H and O–H groups in total. The van der Waals surface area contributed by atoms with Crippen molar-refractivity contribution in [1.82, 2.24) is 4.31 Å². The summed E-state index contributed by atoms with van der Waals surface area (Å²) in [5.41, 5.74) is 0. The molecule has 0 aromatic heterocycles. The molecule has 118 valence electrons. The fourth-order valence-corrected chi connectivity index (χ4v) is 4.56. The third kappa shape index (κ3) is 3.44. The highest BCUT2D eigenvalue weighted by Gasteiger charge is 2.32. The van der Waals surface area contributed by atoms with E-state index in [1.807, 2.05) is 6.92 Å². The van der Waals surface area contributed by atoms with Crippen molar-refractivity contribution in [2.24, 2.45) is 11.8 Å². The summed E-state index contributed by atoms with van der Waals surface area (Å²) in [4.78, 5) is -0.829. The Labute approximate surface area is 125 Å². The summed E-state index contributed by atoms with van der Waals surface area (Å²) in [6, 6.07) is 4.42. The van der Waals surface area contributed by atoms with Crippen LogP contribution in [0.25, 0.3) is 0 Å². The maximum Gasteiger partial charge on any atom is 0.332 e. The van der Waals surface area contributed by atoms with Gasteiger partial charge in [0, 0.05) is 13.1 Å². The van der Waals surface area contributed by atoms with E-state index in [1.165, 1.54) is 16.4 Å². The van der Waals surface area contributed by atoms with Gasteiger partial charge in [-0.15, -0.1) is 3.89 Å². The van der Waals surface area contributed by atoms with E-state index >= 15 is 0 Å². The number of benzene rings is 1. The molecule has 0 aliphatic carbocycles. The van der Waals surface area contributed by atoms with Crippen LogP contribution in [0, 0.1) is 11.8 Å². The molecule has 8 heteroatoms. The zero-order valence-corrected chi connectivity index (χ0v) is 13.5. The minimum absolute atomic E-state index is 0.192. The van der Waals surface area contributed by atoms with Crippen molar-refractivity contribution >= 4 is 20.2 Å². The number of piperidine rings is 1. The Morgan fingerprint density at radius 3 is 2.29 bits per heavy atom. The molecule has 0 spiro atoms. The minimum atomic E-state index is -4.92. The lowest BCUT2D eigenvalue weighted by Crippen LogP contribution is -2.42. The van der Waals surface area contributed by atoms with Crippen LogP contribution in [0.2, 0.25) is 0 Å². The Hall–Kier alpha value is -0.990. The largest absolute Gasteiger partial charge is 0.332 e. The molecule has 1 aromatic carbocycles. The molecule has 0 amide bonds. The van der Waals surface area contributed by atoms with Gasteiger partial charge in [-0.1, -0.05) is 19.9 Å². The number of hydrogen-bond acceptors (Lipinski definition) is 4. The molecule has 5 nitrogen and oxygen atoms in total. The summed E-state index contributed by atoms with van der Waals surface area (Å²) < 4.78 is 61.2. The lowest BCUT2D eigenvalue weighted by atomic mass is 9.90. The Balaban J connectivity index is 2.37. The van der Waals surface area contributed by atoms with E-state index in [9.17, 15) is 20.7 Å². The van der Waals surface area contributed by atoms with Gasteiger partial charge in [0.05, 0.1) is 9.79 Å². The molecule has 2 unspecified atom stereocenters. The smallest absolute Gasteiger partial charge is 0.207 e. The SMILES string of the molecule is CC1CCN(S(=O)(=O)c2cccc(S(=O)(=O)F)c2)CC1C. The predicted molar refractivity (Wildman–Crippen MR) is 76.4 cm³/mol. The Bertz CT molecular complexity index is 730. The van der Waals surface area contributed by atoms with Gasteiger partial charge in [0.1, 0.15) is 0 Å². The summed E-state index contributed by atoms with van der Waals surface area (Å²) in [6.07, 6.45) is 0.751. The number of hydrogen-bond donors (Lipinski definition) is 0. The normalized spacial score (nSPS) is 24.9. The van der Waals surface area contributed by atoms with Crippen LogP contribution < -0.4 is 0 Å². The molecule has 1 saturated heterocycles. The molecule has 1 heterocycles. The first-order chi connectivity index (χ1) is 9.62. The van der Waals surface area contributed by atoms with Crippen molar-refractivity contribution in [1.29, 1.82) is 0 Å². The van der Waals surface area contributed by atoms with E-state index in [2.05, 4.69) is 6.92 Å². The van der Waals surface area contributed by atoms with Gasteiger partial charge in [-0.3, -0.25) is 0 Å².